The number of aromatic nitrogens is 2. The molecule has 116 valence electrons. The van der Waals surface area contributed by atoms with E-state index < -0.39 is 0 Å². The average Bonchev–Trinajstić information content (AvgIpc) is 2.49. The van der Waals surface area contributed by atoms with Crippen molar-refractivity contribution in [2.24, 2.45) is 0 Å². The molecule has 1 aromatic carbocycles. The van der Waals surface area contributed by atoms with E-state index in [1.54, 1.807) is 6.07 Å². The van der Waals surface area contributed by atoms with E-state index in [9.17, 15) is 0 Å². The summed E-state index contributed by atoms with van der Waals surface area (Å²) in [6, 6.07) is 9.47. The minimum atomic E-state index is 0.245. The van der Waals surface area contributed by atoms with Gasteiger partial charge in [0.05, 0.1) is 30.6 Å². The molecule has 0 spiro atoms. The van der Waals surface area contributed by atoms with Crippen LogP contribution in [-0.4, -0.2) is 35.8 Å². The fourth-order valence-electron chi connectivity index (χ4n) is 2.41. The van der Waals surface area contributed by atoms with E-state index in [1.807, 2.05) is 24.3 Å². The van der Waals surface area contributed by atoms with Crippen molar-refractivity contribution in [2.75, 3.05) is 35.7 Å². The van der Waals surface area contributed by atoms with Crippen LogP contribution in [0, 0.1) is 0 Å². The van der Waals surface area contributed by atoms with Crippen molar-refractivity contribution in [3.8, 4) is 0 Å². The lowest BCUT2D eigenvalue weighted by atomic mass is 10.2. The Hall–Kier alpha value is -2.05. The summed E-state index contributed by atoms with van der Waals surface area (Å²) in [5, 5.41) is 3.51. The summed E-state index contributed by atoms with van der Waals surface area (Å²) < 4.78 is 5.46. The summed E-state index contributed by atoms with van der Waals surface area (Å²) in [6.07, 6.45) is 0. The van der Waals surface area contributed by atoms with Crippen LogP contribution in [0.15, 0.2) is 30.3 Å². The van der Waals surface area contributed by atoms with Crippen molar-refractivity contribution in [1.82, 2.24) is 9.97 Å². The predicted molar refractivity (Wildman–Crippen MR) is 88.8 cm³/mol. The molecule has 22 heavy (non-hydrogen) atoms. The number of hydrogen-bond acceptors (Lipinski definition) is 6. The van der Waals surface area contributed by atoms with Gasteiger partial charge in [-0.2, -0.15) is 4.98 Å². The Morgan fingerprint density at radius 3 is 2.95 bits per heavy atom. The maximum absolute atomic E-state index is 6.14. The first-order valence-electron chi connectivity index (χ1n) is 7.14. The topological polar surface area (TPSA) is 76.3 Å². The first-order valence-corrected chi connectivity index (χ1v) is 7.52. The van der Waals surface area contributed by atoms with Gasteiger partial charge in [0.1, 0.15) is 11.0 Å². The van der Waals surface area contributed by atoms with Crippen LogP contribution in [0.4, 0.5) is 23.1 Å². The van der Waals surface area contributed by atoms with Gasteiger partial charge < -0.3 is 20.7 Å². The van der Waals surface area contributed by atoms with Crippen LogP contribution in [0.25, 0.3) is 0 Å². The van der Waals surface area contributed by atoms with Crippen LogP contribution >= 0.6 is 11.6 Å². The molecular weight excluding hydrogens is 302 g/mol. The van der Waals surface area contributed by atoms with Gasteiger partial charge in [0.25, 0.3) is 0 Å². The van der Waals surface area contributed by atoms with Gasteiger partial charge in [0.2, 0.25) is 5.95 Å². The normalized spacial score (nSPS) is 18.3. The van der Waals surface area contributed by atoms with Gasteiger partial charge >= 0.3 is 0 Å². The molecule has 0 bridgehead atoms. The fourth-order valence-corrected chi connectivity index (χ4v) is 2.59. The quantitative estimate of drug-likeness (QED) is 0.669. The standard InChI is InChI=1S/C15H18ClN5O/c1-10-9-22-7-6-21(10)14-8-13(16)19-15(20-14)18-12-5-3-2-4-11(12)17/h2-5,8,10H,6-7,9,17H2,1H3,(H,18,19,20)/t10-/m1/s1. The molecule has 0 saturated carbocycles. The van der Waals surface area contributed by atoms with Crippen molar-refractivity contribution < 1.29 is 4.74 Å². The first-order chi connectivity index (χ1) is 10.6. The fraction of sp³-hybridized carbons (Fsp3) is 0.333. The Bertz CT molecular complexity index is 666. The van der Waals surface area contributed by atoms with Crippen molar-refractivity contribution in [3.63, 3.8) is 0 Å². The van der Waals surface area contributed by atoms with E-state index in [1.165, 1.54) is 0 Å². The number of benzene rings is 1. The minimum absolute atomic E-state index is 0.245. The van der Waals surface area contributed by atoms with Gasteiger partial charge in [0, 0.05) is 12.6 Å². The lowest BCUT2D eigenvalue weighted by Gasteiger charge is -2.34. The van der Waals surface area contributed by atoms with Gasteiger partial charge in [-0.1, -0.05) is 23.7 Å². The van der Waals surface area contributed by atoms with E-state index in [0.717, 1.165) is 18.1 Å². The third-order valence-electron chi connectivity index (χ3n) is 3.55. The van der Waals surface area contributed by atoms with Crippen LogP contribution < -0.4 is 16.0 Å². The summed E-state index contributed by atoms with van der Waals surface area (Å²) in [5.41, 5.74) is 7.32. The highest BCUT2D eigenvalue weighted by molar-refractivity contribution is 6.29. The summed E-state index contributed by atoms with van der Waals surface area (Å²) in [4.78, 5) is 10.9. The van der Waals surface area contributed by atoms with Crippen LogP contribution in [0.3, 0.4) is 0 Å². The number of hydrogen-bond donors (Lipinski definition) is 2. The molecule has 3 rings (SSSR count). The van der Waals surface area contributed by atoms with Gasteiger partial charge in [-0.3, -0.25) is 0 Å². The lowest BCUT2D eigenvalue weighted by Crippen LogP contribution is -2.44. The van der Waals surface area contributed by atoms with E-state index in [2.05, 4.69) is 27.1 Å². The smallest absolute Gasteiger partial charge is 0.230 e. The maximum atomic E-state index is 6.14. The number of nitrogens with zero attached hydrogens (tertiary/aromatic N) is 3. The zero-order chi connectivity index (χ0) is 15.5. The second-order valence-corrected chi connectivity index (χ2v) is 5.59. The number of rotatable bonds is 3. The van der Waals surface area contributed by atoms with Crippen molar-refractivity contribution >= 4 is 34.7 Å². The molecule has 1 aliphatic heterocycles. The minimum Gasteiger partial charge on any atom is -0.397 e. The zero-order valence-electron chi connectivity index (χ0n) is 12.3. The number of nitrogens with two attached hydrogens (primary N) is 1. The molecule has 1 saturated heterocycles. The van der Waals surface area contributed by atoms with Crippen molar-refractivity contribution in [1.29, 1.82) is 0 Å². The number of nitrogen functional groups attached to an aromatic ring is 1. The summed E-state index contributed by atoms with van der Waals surface area (Å²) in [7, 11) is 0. The largest absolute Gasteiger partial charge is 0.397 e. The molecule has 1 atom stereocenters. The number of anilines is 4. The molecule has 3 N–H and O–H groups in total. The van der Waals surface area contributed by atoms with Crippen LogP contribution in [-0.2, 0) is 4.74 Å². The molecular formula is C15H18ClN5O. The number of para-hydroxylation sites is 2. The molecule has 2 heterocycles. The Balaban J connectivity index is 1.88. The molecule has 1 aromatic heterocycles. The van der Waals surface area contributed by atoms with Crippen molar-refractivity contribution in [2.45, 2.75) is 13.0 Å². The van der Waals surface area contributed by atoms with Crippen LogP contribution in [0.5, 0.6) is 0 Å². The predicted octanol–water partition coefficient (Wildman–Crippen LogP) is 2.68. The van der Waals surface area contributed by atoms with E-state index in [0.29, 0.717) is 30.0 Å². The van der Waals surface area contributed by atoms with Gasteiger partial charge in [-0.15, -0.1) is 0 Å². The van der Waals surface area contributed by atoms with E-state index in [-0.39, 0.29) is 6.04 Å². The molecule has 7 heteroatoms. The molecule has 0 amide bonds. The third kappa shape index (κ3) is 3.23. The molecule has 2 aromatic rings. The highest BCUT2D eigenvalue weighted by Crippen LogP contribution is 2.25. The van der Waals surface area contributed by atoms with E-state index >= 15 is 0 Å². The third-order valence-corrected chi connectivity index (χ3v) is 3.74. The zero-order valence-corrected chi connectivity index (χ0v) is 13.0. The van der Waals surface area contributed by atoms with Gasteiger partial charge in [-0.25, -0.2) is 4.98 Å². The Kier molecular flexibility index (Phi) is 4.31. The molecule has 6 nitrogen and oxygen atoms in total. The summed E-state index contributed by atoms with van der Waals surface area (Å²) >= 11 is 6.14. The van der Waals surface area contributed by atoms with Gasteiger partial charge in [0.15, 0.2) is 0 Å². The van der Waals surface area contributed by atoms with Crippen molar-refractivity contribution in [3.05, 3.63) is 35.5 Å². The molecule has 0 radical (unpaired) electrons. The SMILES string of the molecule is C[C@@H]1COCCN1c1cc(Cl)nc(Nc2ccccc2N)n1. The molecule has 1 fully saturated rings. The second-order valence-electron chi connectivity index (χ2n) is 5.20. The van der Waals surface area contributed by atoms with Gasteiger partial charge in [-0.05, 0) is 19.1 Å². The summed E-state index contributed by atoms with van der Waals surface area (Å²) in [6.45, 7) is 4.23. The average molecular weight is 320 g/mol. The highest BCUT2D eigenvalue weighted by atomic mass is 35.5. The van der Waals surface area contributed by atoms with Crippen LogP contribution in [0.1, 0.15) is 6.92 Å². The Morgan fingerprint density at radius 2 is 2.18 bits per heavy atom. The molecule has 1 aliphatic rings. The highest BCUT2D eigenvalue weighted by Gasteiger charge is 2.21. The monoisotopic (exact) mass is 319 g/mol. The maximum Gasteiger partial charge on any atom is 0.230 e. The number of morpholine rings is 1. The Morgan fingerprint density at radius 1 is 1.36 bits per heavy atom. The second kappa shape index (κ2) is 6.37. The number of ether oxygens (including phenoxy) is 1. The lowest BCUT2D eigenvalue weighted by molar-refractivity contribution is 0.0985. The number of halogens is 1. The molecule has 0 unspecified atom stereocenters. The van der Waals surface area contributed by atoms with E-state index in [4.69, 9.17) is 22.1 Å². The summed E-state index contributed by atoms with van der Waals surface area (Å²) in [5.74, 6) is 1.21. The number of nitrogens with one attached hydrogen (secondary N) is 1. The van der Waals surface area contributed by atoms with Crippen LogP contribution in [0.2, 0.25) is 5.15 Å². The molecule has 0 aliphatic carbocycles. The first kappa shape index (κ1) is 14.9. The Labute approximate surface area is 134 Å².